The summed E-state index contributed by atoms with van der Waals surface area (Å²) >= 11 is 2.06. The van der Waals surface area contributed by atoms with Crippen molar-refractivity contribution in [2.75, 3.05) is 24.6 Å². The Balaban J connectivity index is 1.71. The fourth-order valence-electron chi connectivity index (χ4n) is 2.63. The number of H-pyrrole nitrogens is 1. The summed E-state index contributed by atoms with van der Waals surface area (Å²) < 4.78 is 0. The third-order valence-corrected chi connectivity index (χ3v) is 4.83. The van der Waals surface area contributed by atoms with Crippen molar-refractivity contribution in [1.82, 2.24) is 15.3 Å². The molecule has 2 aliphatic rings. The summed E-state index contributed by atoms with van der Waals surface area (Å²) in [7, 11) is 0. The Morgan fingerprint density at radius 1 is 1.31 bits per heavy atom. The average molecular weight is 237 g/mol. The number of imidazole rings is 1. The molecule has 0 aliphatic carbocycles. The van der Waals surface area contributed by atoms with Crippen molar-refractivity contribution < 1.29 is 0 Å². The zero-order valence-corrected chi connectivity index (χ0v) is 10.4. The molecule has 2 N–H and O–H groups in total. The highest BCUT2D eigenvalue weighted by Gasteiger charge is 2.22. The maximum absolute atomic E-state index is 4.58. The molecule has 2 unspecified atom stereocenters. The van der Waals surface area contributed by atoms with Crippen LogP contribution in [0.4, 0.5) is 0 Å². The van der Waals surface area contributed by atoms with Gasteiger partial charge in [0, 0.05) is 36.0 Å². The van der Waals surface area contributed by atoms with Gasteiger partial charge in [-0.3, -0.25) is 0 Å². The molecule has 3 nitrogen and oxygen atoms in total. The van der Waals surface area contributed by atoms with Crippen molar-refractivity contribution in [2.24, 2.45) is 0 Å². The molecule has 16 heavy (non-hydrogen) atoms. The standard InChI is InChI=1S/C12H19N3S/c1-2-9(6-13-4-1)12-14-7-11(15-12)10-3-5-16-8-10/h7,9-10,13H,1-6,8H2,(H,14,15). The lowest BCUT2D eigenvalue weighted by Crippen LogP contribution is -2.28. The number of hydrogen-bond acceptors (Lipinski definition) is 3. The van der Waals surface area contributed by atoms with Crippen LogP contribution >= 0.6 is 11.8 Å². The van der Waals surface area contributed by atoms with E-state index >= 15 is 0 Å². The fourth-order valence-corrected chi connectivity index (χ4v) is 3.88. The van der Waals surface area contributed by atoms with E-state index < -0.39 is 0 Å². The van der Waals surface area contributed by atoms with E-state index in [1.54, 1.807) is 0 Å². The van der Waals surface area contributed by atoms with Crippen LogP contribution in [0.15, 0.2) is 6.20 Å². The number of aromatic nitrogens is 2. The minimum Gasteiger partial charge on any atom is -0.345 e. The first-order chi connectivity index (χ1) is 7.93. The van der Waals surface area contributed by atoms with Crippen LogP contribution in [0.2, 0.25) is 0 Å². The molecule has 0 bridgehead atoms. The van der Waals surface area contributed by atoms with Gasteiger partial charge in [0.15, 0.2) is 0 Å². The molecule has 1 aromatic rings. The van der Waals surface area contributed by atoms with Crippen LogP contribution in [-0.2, 0) is 0 Å². The lowest BCUT2D eigenvalue weighted by atomic mass is 9.99. The van der Waals surface area contributed by atoms with E-state index in [1.165, 1.54) is 48.8 Å². The monoisotopic (exact) mass is 237 g/mol. The topological polar surface area (TPSA) is 40.7 Å². The molecular formula is C12H19N3S. The predicted octanol–water partition coefficient (Wildman–Crippen LogP) is 2.10. The third kappa shape index (κ3) is 2.13. The van der Waals surface area contributed by atoms with Gasteiger partial charge in [-0.2, -0.15) is 11.8 Å². The molecule has 1 aromatic heterocycles. The summed E-state index contributed by atoms with van der Waals surface area (Å²) in [6, 6.07) is 0. The molecule has 0 radical (unpaired) electrons. The fraction of sp³-hybridized carbons (Fsp3) is 0.750. The molecule has 0 spiro atoms. The predicted molar refractivity (Wildman–Crippen MR) is 68.1 cm³/mol. The van der Waals surface area contributed by atoms with Crippen molar-refractivity contribution in [2.45, 2.75) is 31.1 Å². The van der Waals surface area contributed by atoms with E-state index in [1.807, 2.05) is 0 Å². The van der Waals surface area contributed by atoms with Gasteiger partial charge in [0.05, 0.1) is 0 Å². The van der Waals surface area contributed by atoms with Crippen LogP contribution in [0, 0.1) is 0 Å². The largest absolute Gasteiger partial charge is 0.345 e. The normalized spacial score (nSPS) is 30.8. The molecule has 4 heteroatoms. The molecule has 0 aromatic carbocycles. The van der Waals surface area contributed by atoms with Gasteiger partial charge in [-0.15, -0.1) is 0 Å². The van der Waals surface area contributed by atoms with E-state index in [9.17, 15) is 0 Å². The zero-order valence-electron chi connectivity index (χ0n) is 9.54. The van der Waals surface area contributed by atoms with Crippen molar-refractivity contribution in [3.05, 3.63) is 17.7 Å². The van der Waals surface area contributed by atoms with Gasteiger partial charge in [-0.05, 0) is 31.6 Å². The van der Waals surface area contributed by atoms with E-state index in [2.05, 4.69) is 33.2 Å². The summed E-state index contributed by atoms with van der Waals surface area (Å²) in [5, 5.41) is 3.45. The Morgan fingerprint density at radius 2 is 2.31 bits per heavy atom. The Kier molecular flexibility index (Phi) is 3.20. The maximum atomic E-state index is 4.58. The second kappa shape index (κ2) is 4.80. The molecule has 2 saturated heterocycles. The number of hydrogen-bond donors (Lipinski definition) is 2. The second-order valence-corrected chi connectivity index (χ2v) is 5.98. The summed E-state index contributed by atoms with van der Waals surface area (Å²) in [5.41, 5.74) is 1.37. The molecular weight excluding hydrogens is 218 g/mol. The Labute approximate surface area is 101 Å². The minimum absolute atomic E-state index is 0.608. The lowest BCUT2D eigenvalue weighted by Gasteiger charge is -2.20. The van der Waals surface area contributed by atoms with Crippen LogP contribution in [-0.4, -0.2) is 34.6 Å². The first-order valence-corrected chi connectivity index (χ1v) is 7.42. The molecule has 3 rings (SSSR count). The van der Waals surface area contributed by atoms with Gasteiger partial charge in [0.25, 0.3) is 0 Å². The highest BCUT2D eigenvalue weighted by Crippen LogP contribution is 2.32. The van der Waals surface area contributed by atoms with Gasteiger partial charge in [0.2, 0.25) is 0 Å². The second-order valence-electron chi connectivity index (χ2n) is 4.83. The van der Waals surface area contributed by atoms with Crippen LogP contribution in [0.3, 0.4) is 0 Å². The molecule has 0 amide bonds. The Morgan fingerprint density at radius 3 is 3.06 bits per heavy atom. The summed E-state index contributed by atoms with van der Waals surface area (Å²) in [6.07, 6.45) is 5.94. The highest BCUT2D eigenvalue weighted by molar-refractivity contribution is 7.99. The quantitative estimate of drug-likeness (QED) is 0.827. The van der Waals surface area contributed by atoms with Crippen molar-refractivity contribution in [3.8, 4) is 0 Å². The van der Waals surface area contributed by atoms with Gasteiger partial charge in [0.1, 0.15) is 5.82 Å². The molecule has 0 saturated carbocycles. The molecule has 3 heterocycles. The Bertz CT molecular complexity index is 338. The van der Waals surface area contributed by atoms with E-state index in [0.29, 0.717) is 5.92 Å². The van der Waals surface area contributed by atoms with Crippen molar-refractivity contribution in [3.63, 3.8) is 0 Å². The van der Waals surface area contributed by atoms with E-state index in [0.717, 1.165) is 12.5 Å². The molecule has 88 valence electrons. The Hall–Kier alpha value is -0.480. The van der Waals surface area contributed by atoms with Crippen molar-refractivity contribution >= 4 is 11.8 Å². The summed E-state index contributed by atoms with van der Waals surface area (Å²) in [5.74, 6) is 5.12. The SMILES string of the molecule is c1nc(C2CCCNC2)[nH]c1C1CCSC1. The molecule has 2 atom stereocenters. The summed E-state index contributed by atoms with van der Waals surface area (Å²) in [4.78, 5) is 8.14. The number of aromatic amines is 1. The first kappa shape index (κ1) is 10.7. The van der Waals surface area contributed by atoms with Crippen LogP contribution in [0.25, 0.3) is 0 Å². The molecule has 2 aliphatic heterocycles. The third-order valence-electron chi connectivity index (χ3n) is 3.67. The minimum atomic E-state index is 0.608. The number of nitrogens with zero attached hydrogens (tertiary/aromatic N) is 1. The maximum Gasteiger partial charge on any atom is 0.110 e. The summed E-state index contributed by atoms with van der Waals surface area (Å²) in [6.45, 7) is 2.26. The molecule has 2 fully saturated rings. The van der Waals surface area contributed by atoms with Crippen LogP contribution < -0.4 is 5.32 Å². The van der Waals surface area contributed by atoms with Crippen LogP contribution in [0.5, 0.6) is 0 Å². The highest BCUT2D eigenvalue weighted by atomic mass is 32.2. The number of rotatable bonds is 2. The van der Waals surface area contributed by atoms with E-state index in [-0.39, 0.29) is 0 Å². The number of nitrogens with one attached hydrogen (secondary N) is 2. The van der Waals surface area contributed by atoms with Crippen molar-refractivity contribution in [1.29, 1.82) is 0 Å². The zero-order chi connectivity index (χ0) is 10.8. The van der Waals surface area contributed by atoms with Gasteiger partial charge in [-0.25, -0.2) is 4.98 Å². The number of piperidine rings is 1. The average Bonchev–Trinajstić information content (AvgIpc) is 3.01. The smallest absolute Gasteiger partial charge is 0.110 e. The van der Waals surface area contributed by atoms with Crippen LogP contribution in [0.1, 0.15) is 42.6 Å². The lowest BCUT2D eigenvalue weighted by molar-refractivity contribution is 0.448. The van der Waals surface area contributed by atoms with E-state index in [4.69, 9.17) is 0 Å². The van der Waals surface area contributed by atoms with Gasteiger partial charge >= 0.3 is 0 Å². The number of thioether (sulfide) groups is 1. The first-order valence-electron chi connectivity index (χ1n) is 6.27. The van der Waals surface area contributed by atoms with Gasteiger partial charge < -0.3 is 10.3 Å². The van der Waals surface area contributed by atoms with Gasteiger partial charge in [-0.1, -0.05) is 0 Å².